The quantitative estimate of drug-likeness (QED) is 0.448. The average Bonchev–Trinajstić information content (AvgIpc) is 2.79. The summed E-state index contributed by atoms with van der Waals surface area (Å²) >= 11 is 2.28. The standard InChI is InChI=1S/C19H20IN3O/c1-12(2)22-19(24)16(11-21)10-15-9-13(3)23(14(15)4)18-7-5-17(20)6-8-18/h5-10,12H,1-4H3,(H,22,24)/b16-10+. The zero-order valence-electron chi connectivity index (χ0n) is 14.2. The van der Waals surface area contributed by atoms with Crippen molar-refractivity contribution in [2.24, 2.45) is 0 Å². The number of carbonyl (C=O) groups is 1. The Morgan fingerprint density at radius 3 is 2.46 bits per heavy atom. The number of benzene rings is 1. The van der Waals surface area contributed by atoms with E-state index in [0.717, 1.165) is 22.6 Å². The highest BCUT2D eigenvalue weighted by Gasteiger charge is 2.14. The lowest BCUT2D eigenvalue weighted by Crippen LogP contribution is -2.30. The maximum atomic E-state index is 12.1. The summed E-state index contributed by atoms with van der Waals surface area (Å²) in [6, 6.07) is 12.2. The van der Waals surface area contributed by atoms with Gasteiger partial charge in [-0.2, -0.15) is 5.26 Å². The molecule has 1 heterocycles. The third-order valence-electron chi connectivity index (χ3n) is 3.64. The van der Waals surface area contributed by atoms with Crippen LogP contribution in [-0.4, -0.2) is 16.5 Å². The molecule has 2 rings (SSSR count). The van der Waals surface area contributed by atoms with Crippen molar-refractivity contribution in [2.45, 2.75) is 33.7 Å². The van der Waals surface area contributed by atoms with Gasteiger partial charge in [0.2, 0.25) is 0 Å². The smallest absolute Gasteiger partial charge is 0.262 e. The minimum atomic E-state index is -0.341. The molecule has 0 aliphatic heterocycles. The van der Waals surface area contributed by atoms with Crippen molar-refractivity contribution in [3.8, 4) is 11.8 Å². The Balaban J connectivity index is 2.44. The van der Waals surface area contributed by atoms with Crippen LogP contribution in [0.3, 0.4) is 0 Å². The summed E-state index contributed by atoms with van der Waals surface area (Å²) in [5.41, 5.74) is 4.11. The Labute approximate surface area is 156 Å². The third kappa shape index (κ3) is 4.06. The van der Waals surface area contributed by atoms with E-state index in [1.165, 1.54) is 3.57 Å². The van der Waals surface area contributed by atoms with Gasteiger partial charge in [-0.25, -0.2) is 0 Å². The van der Waals surface area contributed by atoms with Crippen LogP contribution in [0.5, 0.6) is 0 Å². The van der Waals surface area contributed by atoms with Crippen molar-refractivity contribution in [1.29, 1.82) is 5.26 Å². The number of carbonyl (C=O) groups excluding carboxylic acids is 1. The summed E-state index contributed by atoms with van der Waals surface area (Å²) in [6.45, 7) is 7.75. The lowest BCUT2D eigenvalue weighted by Gasteiger charge is -2.10. The maximum absolute atomic E-state index is 12.1. The summed E-state index contributed by atoms with van der Waals surface area (Å²) in [5.74, 6) is -0.341. The van der Waals surface area contributed by atoms with Gasteiger partial charge in [0.1, 0.15) is 11.6 Å². The molecule has 0 atom stereocenters. The Hall–Kier alpha value is -2.07. The third-order valence-corrected chi connectivity index (χ3v) is 4.36. The molecular formula is C19H20IN3O. The fourth-order valence-corrected chi connectivity index (χ4v) is 2.92. The summed E-state index contributed by atoms with van der Waals surface area (Å²) < 4.78 is 3.30. The minimum Gasteiger partial charge on any atom is -0.349 e. The first kappa shape index (κ1) is 18.3. The Morgan fingerprint density at radius 2 is 1.92 bits per heavy atom. The fourth-order valence-electron chi connectivity index (χ4n) is 2.57. The van der Waals surface area contributed by atoms with E-state index < -0.39 is 0 Å². The number of aryl methyl sites for hydroxylation is 1. The van der Waals surface area contributed by atoms with Gasteiger partial charge in [0.25, 0.3) is 5.91 Å². The van der Waals surface area contributed by atoms with E-state index in [2.05, 4.69) is 56.7 Å². The van der Waals surface area contributed by atoms with Crippen LogP contribution in [0.15, 0.2) is 35.9 Å². The van der Waals surface area contributed by atoms with Crippen LogP contribution in [0, 0.1) is 28.7 Å². The number of amides is 1. The number of nitrogens with zero attached hydrogens (tertiary/aromatic N) is 2. The van der Waals surface area contributed by atoms with Crippen molar-refractivity contribution in [2.75, 3.05) is 0 Å². The van der Waals surface area contributed by atoms with Gasteiger partial charge in [-0.1, -0.05) is 0 Å². The zero-order valence-corrected chi connectivity index (χ0v) is 16.4. The number of aromatic nitrogens is 1. The monoisotopic (exact) mass is 433 g/mol. The molecule has 24 heavy (non-hydrogen) atoms. The molecule has 0 aliphatic rings. The van der Waals surface area contributed by atoms with E-state index >= 15 is 0 Å². The Bertz CT molecular complexity index is 824. The predicted octanol–water partition coefficient (Wildman–Crippen LogP) is 4.13. The lowest BCUT2D eigenvalue weighted by molar-refractivity contribution is -0.117. The molecule has 1 aromatic carbocycles. The number of nitrogens with one attached hydrogen (secondary N) is 1. The topological polar surface area (TPSA) is 57.8 Å². The van der Waals surface area contributed by atoms with E-state index in [1.807, 2.05) is 39.8 Å². The van der Waals surface area contributed by atoms with Gasteiger partial charge < -0.3 is 9.88 Å². The normalized spacial score (nSPS) is 11.5. The van der Waals surface area contributed by atoms with Crippen LogP contribution >= 0.6 is 22.6 Å². The SMILES string of the molecule is Cc1cc(/C=C(\C#N)C(=O)NC(C)C)c(C)n1-c1ccc(I)cc1. The van der Waals surface area contributed by atoms with Crippen LogP contribution in [0.25, 0.3) is 11.8 Å². The van der Waals surface area contributed by atoms with Gasteiger partial charge >= 0.3 is 0 Å². The van der Waals surface area contributed by atoms with Crippen LogP contribution in [0.2, 0.25) is 0 Å². The predicted molar refractivity (Wildman–Crippen MR) is 105 cm³/mol. The number of rotatable bonds is 4. The van der Waals surface area contributed by atoms with Gasteiger partial charge in [-0.3, -0.25) is 4.79 Å². The first-order valence-electron chi connectivity index (χ1n) is 7.71. The van der Waals surface area contributed by atoms with E-state index in [9.17, 15) is 10.1 Å². The summed E-state index contributed by atoms with van der Waals surface area (Å²) in [7, 11) is 0. The van der Waals surface area contributed by atoms with Crippen LogP contribution in [0.4, 0.5) is 0 Å². The second-order valence-electron chi connectivity index (χ2n) is 5.94. The van der Waals surface area contributed by atoms with Crippen molar-refractivity contribution < 1.29 is 4.79 Å². The molecule has 0 spiro atoms. The summed E-state index contributed by atoms with van der Waals surface area (Å²) in [5, 5.41) is 12.1. The zero-order chi connectivity index (χ0) is 17.9. The average molecular weight is 433 g/mol. The van der Waals surface area contributed by atoms with Crippen LogP contribution < -0.4 is 5.32 Å². The molecule has 1 aromatic heterocycles. The summed E-state index contributed by atoms with van der Waals surface area (Å²) in [6.07, 6.45) is 1.66. The van der Waals surface area contributed by atoms with Crippen molar-refractivity contribution >= 4 is 34.6 Å². The molecule has 1 amide bonds. The number of hydrogen-bond acceptors (Lipinski definition) is 2. The molecule has 2 aromatic rings. The maximum Gasteiger partial charge on any atom is 0.262 e. The van der Waals surface area contributed by atoms with Crippen molar-refractivity contribution in [1.82, 2.24) is 9.88 Å². The first-order chi connectivity index (χ1) is 11.3. The summed E-state index contributed by atoms with van der Waals surface area (Å²) in [4.78, 5) is 12.1. The molecule has 0 radical (unpaired) electrons. The van der Waals surface area contributed by atoms with E-state index in [4.69, 9.17) is 0 Å². The molecule has 0 saturated carbocycles. The lowest BCUT2D eigenvalue weighted by atomic mass is 10.1. The van der Waals surface area contributed by atoms with Crippen LogP contribution in [0.1, 0.15) is 30.8 Å². The van der Waals surface area contributed by atoms with Gasteiger partial charge in [0.15, 0.2) is 0 Å². The molecule has 0 fully saturated rings. The number of halogens is 1. The van der Waals surface area contributed by atoms with Gasteiger partial charge in [0.05, 0.1) is 0 Å². The molecule has 4 nitrogen and oxygen atoms in total. The number of nitriles is 1. The molecule has 0 aliphatic carbocycles. The van der Waals surface area contributed by atoms with E-state index in [-0.39, 0.29) is 17.5 Å². The van der Waals surface area contributed by atoms with Gasteiger partial charge in [-0.15, -0.1) is 0 Å². The number of hydrogen-bond donors (Lipinski definition) is 1. The molecular weight excluding hydrogens is 413 g/mol. The molecule has 0 bridgehead atoms. The first-order valence-corrected chi connectivity index (χ1v) is 8.79. The highest BCUT2D eigenvalue weighted by Crippen LogP contribution is 2.23. The Kier molecular flexibility index (Phi) is 5.84. The van der Waals surface area contributed by atoms with E-state index in [0.29, 0.717) is 0 Å². The molecule has 1 N–H and O–H groups in total. The fraction of sp³-hybridized carbons (Fsp3) is 0.263. The highest BCUT2D eigenvalue weighted by atomic mass is 127. The van der Waals surface area contributed by atoms with Gasteiger partial charge in [-0.05, 0) is 92.3 Å². The molecule has 124 valence electrons. The van der Waals surface area contributed by atoms with Crippen molar-refractivity contribution in [3.05, 3.63) is 56.4 Å². The highest BCUT2D eigenvalue weighted by molar-refractivity contribution is 14.1. The largest absolute Gasteiger partial charge is 0.349 e. The minimum absolute atomic E-state index is 0.00604. The molecule has 0 saturated heterocycles. The second kappa shape index (κ2) is 7.67. The van der Waals surface area contributed by atoms with Crippen LogP contribution in [-0.2, 0) is 4.79 Å². The second-order valence-corrected chi connectivity index (χ2v) is 7.18. The molecule has 5 heteroatoms. The van der Waals surface area contributed by atoms with E-state index in [1.54, 1.807) is 6.08 Å². The Morgan fingerprint density at radius 1 is 1.29 bits per heavy atom. The molecule has 0 unspecified atom stereocenters. The van der Waals surface area contributed by atoms with Gasteiger partial charge in [0, 0.05) is 26.7 Å². The van der Waals surface area contributed by atoms with Crippen molar-refractivity contribution in [3.63, 3.8) is 0 Å².